The Hall–Kier alpha value is -1.62. The highest BCUT2D eigenvalue weighted by Crippen LogP contribution is 2.23. The summed E-state index contributed by atoms with van der Waals surface area (Å²) in [6, 6.07) is 9.92. The Labute approximate surface area is 158 Å². The summed E-state index contributed by atoms with van der Waals surface area (Å²) in [5.41, 5.74) is 0.844. The van der Waals surface area contributed by atoms with Gasteiger partial charge < -0.3 is 5.32 Å². The fourth-order valence-corrected chi connectivity index (χ4v) is 2.69. The van der Waals surface area contributed by atoms with Crippen LogP contribution in [-0.4, -0.2) is 12.3 Å². The molecule has 0 heterocycles. The van der Waals surface area contributed by atoms with Crippen molar-refractivity contribution in [2.24, 2.45) is 0 Å². The third kappa shape index (κ3) is 4.69. The maximum absolute atomic E-state index is 12.5. The smallest absolute Gasteiger partial charge is 0.212 e. The second-order valence-electron chi connectivity index (χ2n) is 4.92. The minimum Gasteiger partial charge on any atom is -0.382 e. The van der Waals surface area contributed by atoms with Gasteiger partial charge in [-0.3, -0.25) is 9.59 Å². The van der Waals surface area contributed by atoms with Gasteiger partial charge in [0.25, 0.3) is 0 Å². The Morgan fingerprint density at radius 1 is 1.17 bits per heavy atom. The van der Waals surface area contributed by atoms with Crippen molar-refractivity contribution in [1.82, 2.24) is 0 Å². The summed E-state index contributed by atoms with van der Waals surface area (Å²) in [6.07, 6.45) is 2.94. The first-order valence-electron chi connectivity index (χ1n) is 7.17. The van der Waals surface area contributed by atoms with Gasteiger partial charge in [0, 0.05) is 11.0 Å². The fourth-order valence-electron chi connectivity index (χ4n) is 2.03. The zero-order valence-corrected chi connectivity index (χ0v) is 15.9. The molecule has 0 aliphatic carbocycles. The summed E-state index contributed by atoms with van der Waals surface area (Å²) in [7, 11) is 0. The summed E-state index contributed by atoms with van der Waals surface area (Å²) in [5, 5.41) is 3.81. The van der Waals surface area contributed by atoms with E-state index in [0.717, 1.165) is 5.56 Å². The highest BCUT2D eigenvalue weighted by molar-refractivity contribution is 9.10. The number of hydrogen-bond donors (Lipinski definition) is 1. The van der Waals surface area contributed by atoms with Crippen molar-refractivity contribution in [3.8, 4) is 0 Å². The average molecular weight is 427 g/mol. The quantitative estimate of drug-likeness (QED) is 0.511. The van der Waals surface area contributed by atoms with E-state index >= 15 is 0 Å². The Kier molecular flexibility index (Phi) is 6.60. The monoisotopic (exact) mass is 425 g/mol. The number of allylic oxidation sites excluding steroid dienone is 1. The van der Waals surface area contributed by atoms with E-state index in [9.17, 15) is 9.59 Å². The van der Waals surface area contributed by atoms with E-state index in [0.29, 0.717) is 26.8 Å². The highest BCUT2D eigenvalue weighted by Gasteiger charge is 2.10. The predicted octanol–water partition coefficient (Wildman–Crippen LogP) is 5.44. The van der Waals surface area contributed by atoms with Gasteiger partial charge in [-0.05, 0) is 48.9 Å². The van der Waals surface area contributed by atoms with Crippen LogP contribution in [0.2, 0.25) is 10.0 Å². The van der Waals surface area contributed by atoms with E-state index in [1.165, 1.54) is 12.1 Å². The van der Waals surface area contributed by atoms with Crippen LogP contribution in [0.1, 0.15) is 22.8 Å². The molecule has 0 bridgehead atoms. The Balaban J connectivity index is 2.39. The molecule has 0 saturated heterocycles. The molecule has 0 unspecified atom stereocenters. The first-order chi connectivity index (χ1) is 11.4. The van der Waals surface area contributed by atoms with Gasteiger partial charge in [0.15, 0.2) is 5.78 Å². The summed E-state index contributed by atoms with van der Waals surface area (Å²) in [6.45, 7) is 2.47. The highest BCUT2D eigenvalue weighted by atomic mass is 79.9. The molecule has 0 aliphatic heterocycles. The van der Waals surface area contributed by atoms with Crippen LogP contribution in [0.15, 0.2) is 51.7 Å². The predicted molar refractivity (Wildman–Crippen MR) is 104 cm³/mol. The molecule has 6 heteroatoms. The van der Waals surface area contributed by atoms with Crippen LogP contribution in [0, 0.1) is 0 Å². The van der Waals surface area contributed by atoms with E-state index in [1.807, 2.05) is 6.92 Å². The topological polar surface area (TPSA) is 46.2 Å². The number of benzene rings is 1. The van der Waals surface area contributed by atoms with Crippen molar-refractivity contribution >= 4 is 56.7 Å². The van der Waals surface area contributed by atoms with Gasteiger partial charge in [-0.2, -0.15) is 0 Å². The Bertz CT molecular complexity index is 866. The second-order valence-corrected chi connectivity index (χ2v) is 6.65. The van der Waals surface area contributed by atoms with Gasteiger partial charge in [-0.1, -0.05) is 51.3 Å². The molecule has 0 aliphatic rings. The Morgan fingerprint density at radius 3 is 2.58 bits per heavy atom. The molecular weight excluding hydrogens is 413 g/mol. The number of rotatable bonds is 5. The van der Waals surface area contributed by atoms with Crippen molar-refractivity contribution in [3.63, 3.8) is 0 Å². The zero-order valence-electron chi connectivity index (χ0n) is 12.8. The lowest BCUT2D eigenvalue weighted by Crippen LogP contribution is -2.15. The largest absolute Gasteiger partial charge is 0.382 e. The lowest BCUT2D eigenvalue weighted by molar-refractivity contribution is 0.104. The lowest BCUT2D eigenvalue weighted by atomic mass is 10.1. The van der Waals surface area contributed by atoms with Crippen molar-refractivity contribution in [1.29, 1.82) is 0 Å². The van der Waals surface area contributed by atoms with Gasteiger partial charge in [-0.25, -0.2) is 0 Å². The molecule has 0 spiro atoms. The third-order valence-electron chi connectivity index (χ3n) is 3.18. The molecule has 1 N–H and O–H groups in total. The van der Waals surface area contributed by atoms with E-state index < -0.39 is 0 Å². The average Bonchev–Trinajstić information content (AvgIpc) is 2.69. The van der Waals surface area contributed by atoms with Crippen LogP contribution in [0.3, 0.4) is 0 Å². The first-order valence-corrected chi connectivity index (χ1v) is 8.72. The van der Waals surface area contributed by atoms with Crippen molar-refractivity contribution in [3.05, 3.63) is 78.3 Å². The van der Waals surface area contributed by atoms with Gasteiger partial charge in [0.2, 0.25) is 5.43 Å². The molecule has 24 heavy (non-hydrogen) atoms. The van der Waals surface area contributed by atoms with Crippen molar-refractivity contribution in [2.45, 2.75) is 6.92 Å². The molecule has 2 rings (SSSR count). The molecule has 2 aromatic rings. The van der Waals surface area contributed by atoms with Gasteiger partial charge in [0.05, 0.1) is 21.3 Å². The fraction of sp³-hybridized carbons (Fsp3) is 0.111. The number of carbonyl (C=O) groups is 1. The number of anilines is 1. The molecule has 0 fully saturated rings. The maximum Gasteiger partial charge on any atom is 0.212 e. The standard InChI is InChI=1S/C18H14BrCl2NO2/c1-2-22-16-7-5-12(19)10-13(18(16)24)17(23)8-4-11-3-6-14(20)15(21)9-11/h3-10H,2H2,1H3,(H,22,24)/b8-4-. The third-order valence-corrected chi connectivity index (χ3v) is 4.42. The molecule has 3 nitrogen and oxygen atoms in total. The van der Waals surface area contributed by atoms with Gasteiger partial charge in [0.1, 0.15) is 0 Å². The van der Waals surface area contributed by atoms with Crippen LogP contribution in [-0.2, 0) is 0 Å². The van der Waals surface area contributed by atoms with Crippen molar-refractivity contribution < 1.29 is 4.79 Å². The van der Waals surface area contributed by atoms with E-state index in [-0.39, 0.29) is 16.8 Å². The summed E-state index contributed by atoms with van der Waals surface area (Å²) in [5.74, 6) is -0.387. The molecule has 0 amide bonds. The molecule has 0 saturated carbocycles. The van der Waals surface area contributed by atoms with Crippen LogP contribution in [0.4, 0.5) is 5.69 Å². The summed E-state index contributed by atoms with van der Waals surface area (Å²) >= 11 is 15.1. The minimum absolute atomic E-state index is 0.0825. The van der Waals surface area contributed by atoms with Gasteiger partial charge in [-0.15, -0.1) is 0 Å². The maximum atomic E-state index is 12.5. The van der Waals surface area contributed by atoms with E-state index in [2.05, 4.69) is 21.2 Å². The number of carbonyl (C=O) groups excluding carboxylic acids is 1. The van der Waals surface area contributed by atoms with Crippen LogP contribution < -0.4 is 10.7 Å². The summed E-state index contributed by atoms with van der Waals surface area (Å²) in [4.78, 5) is 24.9. The van der Waals surface area contributed by atoms with E-state index in [1.54, 1.807) is 36.4 Å². The van der Waals surface area contributed by atoms with Crippen molar-refractivity contribution in [2.75, 3.05) is 11.9 Å². The minimum atomic E-state index is -0.387. The molecule has 0 radical (unpaired) electrons. The molecule has 0 aromatic heterocycles. The lowest BCUT2D eigenvalue weighted by Gasteiger charge is -1.99. The number of halogens is 3. The molecule has 124 valence electrons. The Morgan fingerprint density at radius 2 is 1.92 bits per heavy atom. The number of nitrogens with one attached hydrogen (secondary N) is 1. The van der Waals surface area contributed by atoms with Crippen LogP contribution in [0.5, 0.6) is 0 Å². The van der Waals surface area contributed by atoms with Crippen LogP contribution >= 0.6 is 39.1 Å². The number of hydrogen-bond acceptors (Lipinski definition) is 3. The first kappa shape index (κ1) is 18.7. The molecule has 0 atom stereocenters. The molecular formula is C18H14BrCl2NO2. The normalized spacial score (nSPS) is 10.8. The SMILES string of the molecule is CCNc1ccc(Br)cc(C(=O)/C=C\c2ccc(Cl)c(Cl)c2)c1=O. The van der Waals surface area contributed by atoms with Gasteiger partial charge >= 0.3 is 0 Å². The number of ketones is 1. The van der Waals surface area contributed by atoms with Crippen LogP contribution in [0.25, 0.3) is 6.08 Å². The zero-order chi connectivity index (χ0) is 17.7. The summed E-state index contributed by atoms with van der Waals surface area (Å²) < 4.78 is 0.648. The second kappa shape index (κ2) is 8.47. The van der Waals surface area contributed by atoms with E-state index in [4.69, 9.17) is 23.2 Å². The molecule has 2 aromatic carbocycles.